The van der Waals surface area contributed by atoms with E-state index in [4.69, 9.17) is 14.5 Å². The Hall–Kier alpha value is -3.27. The van der Waals surface area contributed by atoms with Gasteiger partial charge in [0, 0.05) is 31.2 Å². The smallest absolute Gasteiger partial charge is 0.259 e. The van der Waals surface area contributed by atoms with Crippen LogP contribution in [0.3, 0.4) is 0 Å². The number of amides is 1. The summed E-state index contributed by atoms with van der Waals surface area (Å²) in [6.45, 7) is 7.42. The molecule has 5 rings (SSSR count). The van der Waals surface area contributed by atoms with Crippen molar-refractivity contribution < 1.29 is 14.3 Å². The van der Waals surface area contributed by atoms with Crippen molar-refractivity contribution >= 4 is 33.4 Å². The third-order valence-corrected chi connectivity index (χ3v) is 6.40. The minimum absolute atomic E-state index is 0.230. The molecule has 0 bridgehead atoms. The number of benzene rings is 2. The van der Waals surface area contributed by atoms with E-state index in [9.17, 15) is 4.79 Å². The van der Waals surface area contributed by atoms with Crippen molar-refractivity contribution in [2.24, 2.45) is 0 Å². The molecule has 4 aromatic rings. The molecule has 0 radical (unpaired) electrons. The summed E-state index contributed by atoms with van der Waals surface area (Å²) in [5.74, 6) is 1.18. The number of carbonyl (C=O) groups is 1. The zero-order valence-corrected chi connectivity index (χ0v) is 20.0. The molecule has 1 fully saturated rings. The van der Waals surface area contributed by atoms with E-state index < -0.39 is 0 Å². The number of fused-ring (bicyclic) bond motifs is 1. The molecule has 1 aliphatic rings. The quantitative estimate of drug-likeness (QED) is 0.409. The number of carbonyl (C=O) groups excluding carboxylic acids is 1. The molecule has 1 aliphatic heterocycles. The van der Waals surface area contributed by atoms with Gasteiger partial charge in [-0.05, 0) is 38.1 Å². The molecule has 1 saturated heterocycles. The van der Waals surface area contributed by atoms with Gasteiger partial charge in [-0.2, -0.15) is 0 Å². The summed E-state index contributed by atoms with van der Waals surface area (Å²) < 4.78 is 12.0. The number of aromatic nitrogens is 3. The van der Waals surface area contributed by atoms with Crippen LogP contribution in [0.15, 0.2) is 54.0 Å². The van der Waals surface area contributed by atoms with E-state index in [1.807, 2.05) is 41.8 Å². The Kier molecular flexibility index (Phi) is 6.57. The second kappa shape index (κ2) is 9.92. The first kappa shape index (κ1) is 22.5. The average Bonchev–Trinajstić information content (AvgIpc) is 3.48. The highest BCUT2D eigenvalue weighted by atomic mass is 32.1. The number of morpholine rings is 1. The molecule has 3 heterocycles. The molecular formula is C25H27N5O3S. The fourth-order valence-corrected chi connectivity index (χ4v) is 4.86. The molecule has 1 amide bonds. The van der Waals surface area contributed by atoms with Gasteiger partial charge in [-0.3, -0.25) is 15.0 Å². The van der Waals surface area contributed by atoms with Crippen molar-refractivity contribution in [1.29, 1.82) is 0 Å². The molecular weight excluding hydrogens is 450 g/mol. The lowest BCUT2D eigenvalue weighted by atomic mass is 10.1. The topological polar surface area (TPSA) is 92.4 Å². The predicted octanol–water partition coefficient (Wildman–Crippen LogP) is 4.43. The number of H-pyrrole nitrogens is 1. The highest BCUT2D eigenvalue weighted by Gasteiger charge is 2.22. The lowest BCUT2D eigenvalue weighted by molar-refractivity contribution is -0.0699. The fourth-order valence-electron chi connectivity index (χ4n) is 4.33. The molecule has 0 unspecified atom stereocenters. The molecule has 0 saturated carbocycles. The molecule has 2 aromatic carbocycles. The van der Waals surface area contributed by atoms with Crippen molar-refractivity contribution in [3.05, 3.63) is 59.6 Å². The zero-order chi connectivity index (χ0) is 23.5. The maximum absolute atomic E-state index is 12.8. The van der Waals surface area contributed by atoms with Crippen LogP contribution in [0.4, 0.5) is 5.13 Å². The van der Waals surface area contributed by atoms with Gasteiger partial charge in [-0.1, -0.05) is 18.2 Å². The number of thiazole rings is 1. The van der Waals surface area contributed by atoms with E-state index in [1.54, 1.807) is 12.3 Å². The summed E-state index contributed by atoms with van der Waals surface area (Å²) in [7, 11) is 0. The Morgan fingerprint density at radius 2 is 2.03 bits per heavy atom. The van der Waals surface area contributed by atoms with Crippen molar-refractivity contribution in [1.82, 2.24) is 19.9 Å². The van der Waals surface area contributed by atoms with Gasteiger partial charge in [0.05, 0.1) is 28.9 Å². The maximum Gasteiger partial charge on any atom is 0.259 e. The number of anilines is 1. The number of ether oxygens (including phenoxy) is 2. The number of para-hydroxylation sites is 2. The number of nitrogens with one attached hydrogen (secondary N) is 2. The van der Waals surface area contributed by atoms with Gasteiger partial charge in [-0.25, -0.2) is 9.97 Å². The second-order valence-electron chi connectivity index (χ2n) is 8.44. The van der Waals surface area contributed by atoms with Gasteiger partial charge in [0.25, 0.3) is 5.91 Å². The summed E-state index contributed by atoms with van der Waals surface area (Å²) in [6.07, 6.45) is 2.12. The Morgan fingerprint density at radius 1 is 1.21 bits per heavy atom. The van der Waals surface area contributed by atoms with Gasteiger partial charge in [-0.15, -0.1) is 11.3 Å². The number of hydrogen-bond acceptors (Lipinski definition) is 7. The van der Waals surface area contributed by atoms with E-state index in [1.165, 1.54) is 11.3 Å². The third-order valence-electron chi connectivity index (χ3n) is 5.71. The number of hydrogen-bond donors (Lipinski definition) is 2. The SMILES string of the molecule is C[C@@H]1CN(CCOc2ccccc2-c2nc3c(C(=O)Nc4nccs4)cccc3[nH]2)C[C@H](C)O1. The summed E-state index contributed by atoms with van der Waals surface area (Å²) in [5.41, 5.74) is 2.74. The minimum atomic E-state index is -0.239. The lowest BCUT2D eigenvalue weighted by Crippen LogP contribution is -2.46. The first-order valence-electron chi connectivity index (χ1n) is 11.4. The Labute approximate surface area is 201 Å². The highest BCUT2D eigenvalue weighted by molar-refractivity contribution is 7.13. The van der Waals surface area contributed by atoms with E-state index in [2.05, 4.69) is 34.0 Å². The van der Waals surface area contributed by atoms with Crippen LogP contribution >= 0.6 is 11.3 Å². The molecule has 9 heteroatoms. The van der Waals surface area contributed by atoms with Crippen LogP contribution in [-0.2, 0) is 4.74 Å². The van der Waals surface area contributed by atoms with Gasteiger partial charge in [0.1, 0.15) is 23.7 Å². The van der Waals surface area contributed by atoms with Crippen LogP contribution < -0.4 is 10.1 Å². The number of imidazole rings is 1. The molecule has 34 heavy (non-hydrogen) atoms. The van der Waals surface area contributed by atoms with Crippen LogP contribution in [0.25, 0.3) is 22.4 Å². The van der Waals surface area contributed by atoms with Crippen molar-refractivity contribution in [3.63, 3.8) is 0 Å². The first-order chi connectivity index (χ1) is 16.6. The lowest BCUT2D eigenvalue weighted by Gasteiger charge is -2.35. The van der Waals surface area contributed by atoms with Gasteiger partial charge < -0.3 is 14.5 Å². The molecule has 8 nitrogen and oxygen atoms in total. The van der Waals surface area contributed by atoms with Crippen molar-refractivity contribution in [2.75, 3.05) is 31.6 Å². The number of aromatic amines is 1. The monoisotopic (exact) mass is 477 g/mol. The first-order valence-corrected chi connectivity index (χ1v) is 12.2. The van der Waals surface area contributed by atoms with E-state index in [0.717, 1.165) is 36.5 Å². The summed E-state index contributed by atoms with van der Waals surface area (Å²) in [4.78, 5) is 27.5. The molecule has 0 spiro atoms. The normalized spacial score (nSPS) is 18.8. The number of rotatable bonds is 7. The molecule has 0 aliphatic carbocycles. The largest absolute Gasteiger partial charge is 0.491 e. The van der Waals surface area contributed by atoms with Gasteiger partial charge in [0.2, 0.25) is 0 Å². The standard InChI is InChI=1S/C25H27N5O3S/c1-16-14-30(15-17(2)33-16)11-12-32-21-9-4-3-6-18(21)23-27-20-8-5-7-19(22(20)28-23)24(31)29-25-26-10-13-34-25/h3-10,13,16-17H,11-12,14-15H2,1-2H3,(H,27,28)(H,26,29,31)/t16-,17+. The summed E-state index contributed by atoms with van der Waals surface area (Å²) >= 11 is 1.38. The maximum atomic E-state index is 12.8. The molecule has 2 N–H and O–H groups in total. The average molecular weight is 478 g/mol. The Morgan fingerprint density at radius 3 is 2.82 bits per heavy atom. The van der Waals surface area contributed by atoms with Crippen LogP contribution in [0.5, 0.6) is 5.75 Å². The highest BCUT2D eigenvalue weighted by Crippen LogP contribution is 2.30. The fraction of sp³-hybridized carbons (Fsp3) is 0.320. The van der Waals surface area contributed by atoms with E-state index in [0.29, 0.717) is 28.6 Å². The minimum Gasteiger partial charge on any atom is -0.491 e. The van der Waals surface area contributed by atoms with E-state index >= 15 is 0 Å². The summed E-state index contributed by atoms with van der Waals surface area (Å²) in [6, 6.07) is 13.3. The molecule has 2 aromatic heterocycles. The summed E-state index contributed by atoms with van der Waals surface area (Å²) in [5, 5.41) is 5.21. The Bertz CT molecular complexity index is 1260. The van der Waals surface area contributed by atoms with Crippen LogP contribution in [0, 0.1) is 0 Å². The third kappa shape index (κ3) is 4.96. The van der Waals surface area contributed by atoms with E-state index in [-0.39, 0.29) is 18.1 Å². The zero-order valence-electron chi connectivity index (χ0n) is 19.2. The predicted molar refractivity (Wildman–Crippen MR) is 134 cm³/mol. The molecule has 176 valence electrons. The van der Waals surface area contributed by atoms with Crippen molar-refractivity contribution in [3.8, 4) is 17.1 Å². The Balaban J connectivity index is 1.34. The number of nitrogens with zero attached hydrogens (tertiary/aromatic N) is 3. The van der Waals surface area contributed by atoms with Gasteiger partial charge in [0.15, 0.2) is 5.13 Å². The second-order valence-corrected chi connectivity index (χ2v) is 9.33. The van der Waals surface area contributed by atoms with Crippen molar-refractivity contribution in [2.45, 2.75) is 26.1 Å². The molecule has 2 atom stereocenters. The van der Waals surface area contributed by atoms with Crippen LogP contribution in [0.1, 0.15) is 24.2 Å². The van der Waals surface area contributed by atoms with Crippen LogP contribution in [-0.4, -0.2) is 64.2 Å². The van der Waals surface area contributed by atoms with Gasteiger partial charge >= 0.3 is 0 Å². The van der Waals surface area contributed by atoms with Crippen LogP contribution in [0.2, 0.25) is 0 Å².